The second kappa shape index (κ2) is 7.69. The maximum absolute atomic E-state index is 12.3. The van der Waals surface area contributed by atoms with E-state index in [4.69, 9.17) is 14.0 Å². The van der Waals surface area contributed by atoms with Gasteiger partial charge in [0, 0.05) is 5.56 Å². The van der Waals surface area contributed by atoms with Gasteiger partial charge in [-0.3, -0.25) is 4.79 Å². The zero-order valence-electron chi connectivity index (χ0n) is 14.7. The largest absolute Gasteiger partial charge is 0.497 e. The van der Waals surface area contributed by atoms with Gasteiger partial charge in [0.05, 0.1) is 19.8 Å². The number of benzene rings is 2. The molecule has 0 radical (unpaired) electrons. The Labute approximate surface area is 150 Å². The summed E-state index contributed by atoms with van der Waals surface area (Å²) in [5, 5.41) is 6.82. The average molecular weight is 353 g/mol. The molecule has 26 heavy (non-hydrogen) atoms. The molecule has 1 atom stereocenters. The third-order valence-electron chi connectivity index (χ3n) is 3.86. The molecule has 2 aromatic carbocycles. The summed E-state index contributed by atoms with van der Waals surface area (Å²) in [4.78, 5) is 16.7. The zero-order chi connectivity index (χ0) is 18.5. The molecule has 0 aliphatic carbocycles. The summed E-state index contributed by atoms with van der Waals surface area (Å²) < 4.78 is 15.7. The van der Waals surface area contributed by atoms with Gasteiger partial charge < -0.3 is 19.3 Å². The normalized spacial score (nSPS) is 11.7. The number of ether oxygens (including phenoxy) is 2. The van der Waals surface area contributed by atoms with Gasteiger partial charge in [0.1, 0.15) is 17.5 Å². The van der Waals surface area contributed by atoms with E-state index in [1.54, 1.807) is 45.4 Å². The van der Waals surface area contributed by atoms with Crippen molar-refractivity contribution in [1.82, 2.24) is 15.5 Å². The van der Waals surface area contributed by atoms with Gasteiger partial charge in [-0.1, -0.05) is 17.3 Å². The first-order valence-electron chi connectivity index (χ1n) is 8.04. The van der Waals surface area contributed by atoms with Gasteiger partial charge in [-0.15, -0.1) is 0 Å². The Hall–Kier alpha value is -3.35. The van der Waals surface area contributed by atoms with Crippen LogP contribution < -0.4 is 14.8 Å². The van der Waals surface area contributed by atoms with Gasteiger partial charge in [0.25, 0.3) is 5.91 Å². The summed E-state index contributed by atoms with van der Waals surface area (Å²) in [6, 6.07) is 13.8. The molecular formula is C19H19N3O4. The van der Waals surface area contributed by atoms with Crippen LogP contribution >= 0.6 is 0 Å². The summed E-state index contributed by atoms with van der Waals surface area (Å²) in [6.45, 7) is 1.78. The number of rotatable bonds is 6. The molecule has 7 nitrogen and oxygen atoms in total. The molecule has 0 spiro atoms. The van der Waals surface area contributed by atoms with Crippen LogP contribution in [-0.2, 0) is 0 Å². The predicted octanol–water partition coefficient (Wildman–Crippen LogP) is 3.24. The Kier molecular flexibility index (Phi) is 5.17. The van der Waals surface area contributed by atoms with Crippen molar-refractivity contribution in [3.8, 4) is 22.9 Å². The molecule has 3 aromatic rings. The average Bonchev–Trinajstić information content (AvgIpc) is 3.18. The minimum absolute atomic E-state index is 0.239. The van der Waals surface area contributed by atoms with Crippen LogP contribution in [0.3, 0.4) is 0 Å². The highest BCUT2D eigenvalue weighted by molar-refractivity contribution is 5.94. The molecule has 0 aliphatic heterocycles. The molecule has 1 N–H and O–H groups in total. The fraction of sp³-hybridized carbons (Fsp3) is 0.211. The number of amides is 1. The van der Waals surface area contributed by atoms with Gasteiger partial charge in [0.2, 0.25) is 11.7 Å². The topological polar surface area (TPSA) is 86.5 Å². The third kappa shape index (κ3) is 3.66. The van der Waals surface area contributed by atoms with Crippen molar-refractivity contribution in [3.63, 3.8) is 0 Å². The lowest BCUT2D eigenvalue weighted by molar-refractivity contribution is 0.0932. The summed E-state index contributed by atoms with van der Waals surface area (Å²) in [7, 11) is 3.16. The minimum Gasteiger partial charge on any atom is -0.497 e. The summed E-state index contributed by atoms with van der Waals surface area (Å²) in [5.41, 5.74) is 1.24. The van der Waals surface area contributed by atoms with Crippen molar-refractivity contribution < 1.29 is 18.8 Å². The molecule has 1 heterocycles. The maximum Gasteiger partial charge on any atom is 0.251 e. The van der Waals surface area contributed by atoms with Crippen LogP contribution in [0.1, 0.15) is 29.2 Å². The smallest absolute Gasteiger partial charge is 0.251 e. The van der Waals surface area contributed by atoms with Crippen molar-refractivity contribution >= 4 is 5.91 Å². The van der Waals surface area contributed by atoms with Gasteiger partial charge in [-0.05, 0) is 43.3 Å². The minimum atomic E-state index is -0.444. The number of hydrogen-bond donors (Lipinski definition) is 1. The van der Waals surface area contributed by atoms with Crippen LogP contribution in [0.5, 0.6) is 11.5 Å². The van der Waals surface area contributed by atoms with E-state index >= 15 is 0 Å². The summed E-state index contributed by atoms with van der Waals surface area (Å²) >= 11 is 0. The molecule has 1 amide bonds. The van der Waals surface area contributed by atoms with Crippen molar-refractivity contribution in [2.45, 2.75) is 13.0 Å². The Balaban J connectivity index is 1.73. The van der Waals surface area contributed by atoms with Crippen LogP contribution in [0.15, 0.2) is 53.1 Å². The van der Waals surface area contributed by atoms with E-state index in [1.165, 1.54) is 0 Å². The third-order valence-corrected chi connectivity index (χ3v) is 3.86. The number of hydrogen-bond acceptors (Lipinski definition) is 6. The maximum atomic E-state index is 12.3. The van der Waals surface area contributed by atoms with E-state index in [-0.39, 0.29) is 5.91 Å². The molecule has 7 heteroatoms. The molecule has 0 aliphatic rings. The van der Waals surface area contributed by atoms with E-state index in [1.807, 2.05) is 24.3 Å². The first-order valence-corrected chi connectivity index (χ1v) is 8.04. The number of aromatic nitrogens is 2. The van der Waals surface area contributed by atoms with Crippen molar-refractivity contribution in [2.24, 2.45) is 0 Å². The number of nitrogens with zero attached hydrogens (tertiary/aromatic N) is 2. The fourth-order valence-corrected chi connectivity index (χ4v) is 2.43. The van der Waals surface area contributed by atoms with Crippen LogP contribution in [0.2, 0.25) is 0 Å². The number of nitrogens with one attached hydrogen (secondary N) is 1. The van der Waals surface area contributed by atoms with Gasteiger partial charge in [-0.25, -0.2) is 0 Å². The second-order valence-corrected chi connectivity index (χ2v) is 5.58. The Morgan fingerprint density at radius 1 is 1.08 bits per heavy atom. The fourth-order valence-electron chi connectivity index (χ4n) is 2.43. The van der Waals surface area contributed by atoms with Crippen molar-refractivity contribution in [3.05, 3.63) is 60.0 Å². The Bertz CT molecular complexity index is 890. The van der Waals surface area contributed by atoms with Crippen LogP contribution in [0.25, 0.3) is 11.4 Å². The van der Waals surface area contributed by atoms with Gasteiger partial charge >= 0.3 is 0 Å². The number of carbonyl (C=O) groups is 1. The number of methoxy groups -OCH3 is 2. The molecule has 0 fully saturated rings. The lowest BCUT2D eigenvalue weighted by Crippen LogP contribution is -2.26. The molecule has 0 saturated carbocycles. The molecule has 134 valence electrons. The first kappa shape index (κ1) is 17.5. The molecule has 1 aromatic heterocycles. The van der Waals surface area contributed by atoms with Crippen LogP contribution in [0.4, 0.5) is 0 Å². The Morgan fingerprint density at radius 2 is 1.81 bits per heavy atom. The summed E-state index contributed by atoms with van der Waals surface area (Å²) in [5.74, 6) is 1.82. The number of para-hydroxylation sites is 1. The zero-order valence-corrected chi connectivity index (χ0v) is 14.7. The molecule has 0 bridgehead atoms. The first-order chi connectivity index (χ1) is 12.6. The highest BCUT2D eigenvalue weighted by Crippen LogP contribution is 2.28. The highest BCUT2D eigenvalue weighted by atomic mass is 16.5. The Morgan fingerprint density at radius 3 is 2.50 bits per heavy atom. The standard InChI is InChI=1S/C19H19N3O4/c1-12(20-18(23)13-8-10-14(24-2)11-9-13)19-21-17(22-26-19)15-6-4-5-7-16(15)25-3/h4-12H,1-3H3,(H,20,23)/t12-/m0/s1. The number of carbonyl (C=O) groups excluding carboxylic acids is 1. The predicted molar refractivity (Wildman–Crippen MR) is 95.2 cm³/mol. The van der Waals surface area contributed by atoms with E-state index in [2.05, 4.69) is 15.5 Å². The SMILES string of the molecule is COc1ccc(C(=O)N[C@@H](C)c2nc(-c3ccccc3OC)no2)cc1. The lowest BCUT2D eigenvalue weighted by atomic mass is 10.2. The van der Waals surface area contributed by atoms with E-state index in [0.717, 1.165) is 5.56 Å². The monoisotopic (exact) mass is 353 g/mol. The molecule has 0 saturated heterocycles. The van der Waals surface area contributed by atoms with E-state index in [0.29, 0.717) is 28.8 Å². The van der Waals surface area contributed by atoms with Gasteiger partial charge in [-0.2, -0.15) is 4.98 Å². The lowest BCUT2D eigenvalue weighted by Gasteiger charge is -2.10. The van der Waals surface area contributed by atoms with Crippen molar-refractivity contribution in [2.75, 3.05) is 14.2 Å². The highest BCUT2D eigenvalue weighted by Gasteiger charge is 2.19. The van der Waals surface area contributed by atoms with E-state index < -0.39 is 6.04 Å². The van der Waals surface area contributed by atoms with Crippen molar-refractivity contribution in [1.29, 1.82) is 0 Å². The summed E-state index contributed by atoms with van der Waals surface area (Å²) in [6.07, 6.45) is 0. The van der Waals surface area contributed by atoms with E-state index in [9.17, 15) is 4.79 Å². The van der Waals surface area contributed by atoms with Gasteiger partial charge in [0.15, 0.2) is 0 Å². The van der Waals surface area contributed by atoms with Crippen LogP contribution in [0, 0.1) is 0 Å². The molecule has 0 unspecified atom stereocenters. The quantitative estimate of drug-likeness (QED) is 0.732. The van der Waals surface area contributed by atoms with Crippen LogP contribution in [-0.4, -0.2) is 30.3 Å². The molecular weight excluding hydrogens is 334 g/mol. The molecule has 3 rings (SSSR count). The second-order valence-electron chi connectivity index (χ2n) is 5.58.